The Bertz CT molecular complexity index is 732. The largest absolute Gasteiger partial charge is 0.348 e. The molecule has 96 valence electrons. The molecule has 1 aliphatic heterocycles. The van der Waals surface area contributed by atoms with E-state index in [9.17, 15) is 0 Å². The van der Waals surface area contributed by atoms with Gasteiger partial charge in [-0.2, -0.15) is 0 Å². The fraction of sp³-hybridized carbons (Fsp3) is 0.333. The van der Waals surface area contributed by atoms with Gasteiger partial charge in [-0.1, -0.05) is 0 Å². The third-order valence-electron chi connectivity index (χ3n) is 3.63. The van der Waals surface area contributed by atoms with Crippen LogP contribution in [0.3, 0.4) is 0 Å². The molecule has 0 N–H and O–H groups in total. The van der Waals surface area contributed by atoms with E-state index in [4.69, 9.17) is 0 Å². The Kier molecular flexibility index (Phi) is 2.28. The van der Waals surface area contributed by atoms with Crippen LogP contribution in [0.1, 0.15) is 23.4 Å². The van der Waals surface area contributed by atoms with Crippen molar-refractivity contribution in [2.24, 2.45) is 0 Å². The number of anilines is 1. The molecule has 0 spiro atoms. The van der Waals surface area contributed by atoms with Crippen molar-refractivity contribution in [3.8, 4) is 0 Å². The molecule has 0 aromatic carbocycles. The molecule has 0 bridgehead atoms. The van der Waals surface area contributed by atoms with Crippen molar-refractivity contribution in [1.82, 2.24) is 25.3 Å². The summed E-state index contributed by atoms with van der Waals surface area (Å²) in [6.45, 7) is 3.20. The Hall–Kier alpha value is -2.02. The molecule has 6 nitrogen and oxygen atoms in total. The van der Waals surface area contributed by atoms with Crippen molar-refractivity contribution < 1.29 is 0 Å². The van der Waals surface area contributed by atoms with Crippen LogP contribution in [0.25, 0.3) is 5.65 Å². The van der Waals surface area contributed by atoms with E-state index in [1.165, 1.54) is 15.1 Å². The highest BCUT2D eigenvalue weighted by molar-refractivity contribution is 7.10. The second kappa shape index (κ2) is 3.99. The molecule has 0 unspecified atom stereocenters. The summed E-state index contributed by atoms with van der Waals surface area (Å²) in [5.74, 6) is 0.921. The Balaban J connectivity index is 1.76. The predicted octanol–water partition coefficient (Wildman–Crippen LogP) is 1.70. The van der Waals surface area contributed by atoms with Gasteiger partial charge >= 0.3 is 0 Å². The quantitative estimate of drug-likeness (QED) is 0.675. The lowest BCUT2D eigenvalue weighted by Crippen LogP contribution is -2.34. The van der Waals surface area contributed by atoms with Crippen molar-refractivity contribution in [3.05, 3.63) is 34.0 Å². The van der Waals surface area contributed by atoms with Crippen LogP contribution >= 0.6 is 11.3 Å². The Labute approximate surface area is 113 Å². The van der Waals surface area contributed by atoms with Gasteiger partial charge in [0.05, 0.1) is 6.04 Å². The molecule has 19 heavy (non-hydrogen) atoms. The van der Waals surface area contributed by atoms with E-state index >= 15 is 0 Å². The van der Waals surface area contributed by atoms with Gasteiger partial charge in [-0.05, 0) is 52.9 Å². The molecule has 0 aliphatic carbocycles. The second-order valence-corrected chi connectivity index (χ2v) is 5.64. The van der Waals surface area contributed by atoms with Crippen LogP contribution in [0.5, 0.6) is 0 Å². The van der Waals surface area contributed by atoms with Gasteiger partial charge in [-0.25, -0.2) is 0 Å². The predicted molar refractivity (Wildman–Crippen MR) is 72.4 cm³/mol. The van der Waals surface area contributed by atoms with E-state index in [0.29, 0.717) is 11.7 Å². The number of hydrogen-bond donors (Lipinski definition) is 0. The normalized spacial score (nSPS) is 18.8. The highest BCUT2D eigenvalue weighted by atomic mass is 32.1. The molecule has 3 aromatic rings. The summed E-state index contributed by atoms with van der Waals surface area (Å²) in [7, 11) is 0. The van der Waals surface area contributed by atoms with Crippen LogP contribution in [0.4, 0.5) is 5.82 Å². The van der Waals surface area contributed by atoms with E-state index < -0.39 is 0 Å². The summed E-state index contributed by atoms with van der Waals surface area (Å²) < 4.78 is 1.48. The van der Waals surface area contributed by atoms with Gasteiger partial charge in [0, 0.05) is 11.4 Å². The molecule has 0 radical (unpaired) electrons. The van der Waals surface area contributed by atoms with Crippen molar-refractivity contribution in [2.75, 3.05) is 11.4 Å². The number of thiophene rings is 1. The highest BCUT2D eigenvalue weighted by Crippen LogP contribution is 2.34. The lowest BCUT2D eigenvalue weighted by atomic mass is 10.0. The maximum atomic E-state index is 4.48. The van der Waals surface area contributed by atoms with Crippen LogP contribution in [-0.4, -0.2) is 31.8 Å². The van der Waals surface area contributed by atoms with E-state index in [0.717, 1.165) is 18.8 Å². The summed E-state index contributed by atoms with van der Waals surface area (Å²) >= 11 is 1.85. The first-order valence-electron chi connectivity index (χ1n) is 6.21. The smallest absolute Gasteiger partial charge is 0.200 e. The van der Waals surface area contributed by atoms with Crippen LogP contribution in [0.15, 0.2) is 23.6 Å². The molecule has 4 heterocycles. The zero-order valence-corrected chi connectivity index (χ0v) is 11.2. The molecule has 0 fully saturated rings. The third kappa shape index (κ3) is 1.61. The van der Waals surface area contributed by atoms with Crippen molar-refractivity contribution >= 4 is 22.8 Å². The fourth-order valence-electron chi connectivity index (χ4n) is 2.62. The number of aromatic nitrogens is 5. The fourth-order valence-corrected chi connectivity index (χ4v) is 3.58. The van der Waals surface area contributed by atoms with Gasteiger partial charge < -0.3 is 4.90 Å². The Morgan fingerprint density at radius 1 is 1.32 bits per heavy atom. The minimum atomic E-state index is 0.344. The minimum absolute atomic E-state index is 0.344. The van der Waals surface area contributed by atoms with Gasteiger partial charge in [0.25, 0.3) is 0 Å². The van der Waals surface area contributed by atoms with Gasteiger partial charge in [0.2, 0.25) is 0 Å². The molecule has 3 aromatic heterocycles. The molecule has 0 saturated heterocycles. The topological polar surface area (TPSA) is 59.2 Å². The maximum absolute atomic E-state index is 4.48. The zero-order valence-electron chi connectivity index (χ0n) is 10.4. The Morgan fingerprint density at radius 3 is 3.21 bits per heavy atom. The van der Waals surface area contributed by atoms with Crippen molar-refractivity contribution in [2.45, 2.75) is 19.4 Å². The molecular weight excluding hydrogens is 260 g/mol. The van der Waals surface area contributed by atoms with Gasteiger partial charge in [-0.3, -0.25) is 0 Å². The minimum Gasteiger partial charge on any atom is -0.348 e. The van der Waals surface area contributed by atoms with Crippen LogP contribution in [0, 0.1) is 0 Å². The number of nitrogens with zero attached hydrogens (tertiary/aromatic N) is 6. The zero-order chi connectivity index (χ0) is 12.8. The number of tetrazole rings is 1. The second-order valence-electron chi connectivity index (χ2n) is 4.64. The van der Waals surface area contributed by atoms with Gasteiger partial charge in [0.1, 0.15) is 0 Å². The van der Waals surface area contributed by atoms with E-state index in [1.54, 1.807) is 0 Å². The van der Waals surface area contributed by atoms with Crippen molar-refractivity contribution in [3.63, 3.8) is 0 Å². The summed E-state index contributed by atoms with van der Waals surface area (Å²) in [5, 5.41) is 18.0. The summed E-state index contributed by atoms with van der Waals surface area (Å²) in [4.78, 5) is 3.79. The highest BCUT2D eigenvalue weighted by Gasteiger charge is 2.26. The van der Waals surface area contributed by atoms with Gasteiger partial charge in [0.15, 0.2) is 11.5 Å². The number of fused-ring (bicyclic) bond motifs is 2. The standard InChI is InChI=1S/C12H12N6S/c1-8-9-5-7-19-10(9)4-6-17(8)12-3-2-11-13-15-16-18(11)14-12/h2-3,5,7-8H,4,6H2,1H3/t8-/m0/s1. The first kappa shape index (κ1) is 10.9. The van der Waals surface area contributed by atoms with Crippen LogP contribution < -0.4 is 4.90 Å². The molecule has 0 amide bonds. The molecule has 1 aliphatic rings. The average Bonchev–Trinajstić information content (AvgIpc) is 3.07. The monoisotopic (exact) mass is 272 g/mol. The average molecular weight is 272 g/mol. The van der Waals surface area contributed by atoms with Gasteiger partial charge in [-0.15, -0.1) is 26.2 Å². The van der Waals surface area contributed by atoms with E-state index in [1.807, 2.05) is 23.5 Å². The van der Waals surface area contributed by atoms with Crippen molar-refractivity contribution in [1.29, 1.82) is 0 Å². The first-order chi connectivity index (χ1) is 9.33. The van der Waals surface area contributed by atoms with Crippen LogP contribution in [0.2, 0.25) is 0 Å². The SMILES string of the molecule is C[C@H]1c2ccsc2CCN1c1ccc2nnnn2n1. The Morgan fingerprint density at radius 2 is 2.26 bits per heavy atom. The number of rotatable bonds is 1. The van der Waals surface area contributed by atoms with E-state index in [2.05, 4.69) is 43.9 Å². The third-order valence-corrected chi connectivity index (χ3v) is 4.62. The number of hydrogen-bond acceptors (Lipinski definition) is 6. The molecule has 0 saturated carbocycles. The lowest BCUT2D eigenvalue weighted by molar-refractivity contribution is 0.610. The maximum Gasteiger partial charge on any atom is 0.200 e. The summed E-state index contributed by atoms with van der Waals surface area (Å²) in [6.07, 6.45) is 1.08. The lowest BCUT2D eigenvalue weighted by Gasteiger charge is -2.34. The molecule has 7 heteroatoms. The van der Waals surface area contributed by atoms with Crippen LogP contribution in [-0.2, 0) is 6.42 Å². The summed E-state index contributed by atoms with van der Waals surface area (Å²) in [5.41, 5.74) is 2.08. The first-order valence-corrected chi connectivity index (χ1v) is 7.09. The molecular formula is C12H12N6S. The molecule has 4 rings (SSSR count). The van der Waals surface area contributed by atoms with E-state index in [-0.39, 0.29) is 0 Å². The molecule has 1 atom stereocenters. The summed E-state index contributed by atoms with van der Waals surface area (Å²) in [6, 6.07) is 6.45.